The van der Waals surface area contributed by atoms with Crippen molar-refractivity contribution < 1.29 is 14.3 Å². The lowest BCUT2D eigenvalue weighted by atomic mass is 10.1. The summed E-state index contributed by atoms with van der Waals surface area (Å²) in [4.78, 5) is 27.6. The van der Waals surface area contributed by atoms with Crippen molar-refractivity contribution in [3.05, 3.63) is 63.6 Å². The number of hydrogen-bond donors (Lipinski definition) is 1. The Kier molecular flexibility index (Phi) is 8.16. The Morgan fingerprint density at radius 1 is 1.13 bits per heavy atom. The van der Waals surface area contributed by atoms with Crippen LogP contribution < -0.4 is 10.1 Å². The molecule has 0 aromatic heterocycles. The van der Waals surface area contributed by atoms with E-state index < -0.39 is 11.6 Å². The fourth-order valence-corrected chi connectivity index (χ4v) is 3.43. The first-order valence-electron chi connectivity index (χ1n) is 9.68. The highest BCUT2D eigenvalue weighted by molar-refractivity contribution is 6.35. The van der Waals surface area contributed by atoms with Gasteiger partial charge >= 0.3 is 0 Å². The van der Waals surface area contributed by atoms with E-state index in [0.717, 1.165) is 5.56 Å². The van der Waals surface area contributed by atoms with Gasteiger partial charge in [0.15, 0.2) is 0 Å². The molecule has 5 nitrogen and oxygen atoms in total. The van der Waals surface area contributed by atoms with Crippen molar-refractivity contribution in [1.29, 1.82) is 0 Å². The van der Waals surface area contributed by atoms with Crippen LogP contribution in [0.25, 0.3) is 0 Å². The number of nitrogens with one attached hydrogen (secondary N) is 1. The van der Waals surface area contributed by atoms with Crippen LogP contribution in [0.5, 0.6) is 5.75 Å². The normalized spacial score (nSPS) is 12.2. The molecule has 0 saturated carbocycles. The summed E-state index contributed by atoms with van der Waals surface area (Å²) in [6.45, 7) is 7.70. The maximum Gasteiger partial charge on any atom is 0.242 e. The number of methoxy groups -OCH3 is 1. The van der Waals surface area contributed by atoms with Crippen LogP contribution >= 0.6 is 23.2 Å². The Balaban J connectivity index is 2.30. The first-order chi connectivity index (χ1) is 14.0. The molecule has 0 aliphatic rings. The van der Waals surface area contributed by atoms with E-state index in [1.807, 2.05) is 45.0 Å². The highest BCUT2D eigenvalue weighted by atomic mass is 35.5. The second kappa shape index (κ2) is 10.2. The summed E-state index contributed by atoms with van der Waals surface area (Å²) < 4.78 is 5.28. The van der Waals surface area contributed by atoms with Gasteiger partial charge in [-0.05, 0) is 63.1 Å². The number of halogens is 2. The van der Waals surface area contributed by atoms with Crippen LogP contribution in [0.1, 0.15) is 38.8 Å². The SMILES string of the molecule is COc1cccc(CN(C(=O)Cc2ccc(Cl)cc2Cl)[C@H](C)C(=O)NC(C)(C)C)c1. The summed E-state index contributed by atoms with van der Waals surface area (Å²) in [7, 11) is 1.59. The summed E-state index contributed by atoms with van der Waals surface area (Å²) in [6.07, 6.45) is 0.0626. The van der Waals surface area contributed by atoms with Crippen molar-refractivity contribution in [2.24, 2.45) is 0 Å². The lowest BCUT2D eigenvalue weighted by Gasteiger charge is -2.31. The molecule has 0 aliphatic carbocycles. The summed E-state index contributed by atoms with van der Waals surface area (Å²) in [6, 6.07) is 11.8. The number of benzene rings is 2. The Labute approximate surface area is 188 Å². The number of carbonyl (C=O) groups excluding carboxylic acids is 2. The molecule has 2 rings (SSSR count). The summed E-state index contributed by atoms with van der Waals surface area (Å²) in [5.74, 6) is 0.256. The van der Waals surface area contributed by atoms with Gasteiger partial charge in [0.2, 0.25) is 11.8 Å². The van der Waals surface area contributed by atoms with Crippen molar-refractivity contribution in [1.82, 2.24) is 10.2 Å². The molecule has 2 amide bonds. The molecule has 0 spiro atoms. The van der Waals surface area contributed by atoms with Crippen LogP contribution in [0, 0.1) is 0 Å². The Morgan fingerprint density at radius 3 is 2.43 bits per heavy atom. The van der Waals surface area contributed by atoms with E-state index in [1.165, 1.54) is 0 Å². The Bertz CT molecular complexity index is 910. The average Bonchev–Trinajstić information content (AvgIpc) is 2.66. The van der Waals surface area contributed by atoms with Crippen LogP contribution in [-0.4, -0.2) is 35.4 Å². The minimum Gasteiger partial charge on any atom is -0.497 e. The number of rotatable bonds is 7. The monoisotopic (exact) mass is 450 g/mol. The molecule has 0 bridgehead atoms. The summed E-state index contributed by atoms with van der Waals surface area (Å²) >= 11 is 12.2. The van der Waals surface area contributed by atoms with E-state index >= 15 is 0 Å². The summed E-state index contributed by atoms with van der Waals surface area (Å²) in [5, 5.41) is 3.87. The van der Waals surface area contributed by atoms with Gasteiger partial charge < -0.3 is 15.0 Å². The Morgan fingerprint density at radius 2 is 1.83 bits per heavy atom. The van der Waals surface area contributed by atoms with Crippen LogP contribution in [0.3, 0.4) is 0 Å². The highest BCUT2D eigenvalue weighted by Crippen LogP contribution is 2.23. The molecule has 7 heteroatoms. The fraction of sp³-hybridized carbons (Fsp3) is 0.391. The van der Waals surface area contributed by atoms with Gasteiger partial charge in [0, 0.05) is 22.1 Å². The zero-order valence-corrected chi connectivity index (χ0v) is 19.5. The minimum atomic E-state index is -0.672. The lowest BCUT2D eigenvalue weighted by Crippen LogP contribution is -2.52. The predicted molar refractivity (Wildman–Crippen MR) is 121 cm³/mol. The third kappa shape index (κ3) is 6.92. The van der Waals surface area contributed by atoms with Crippen LogP contribution in [0.2, 0.25) is 10.0 Å². The zero-order chi connectivity index (χ0) is 22.5. The molecule has 0 fully saturated rings. The lowest BCUT2D eigenvalue weighted by molar-refractivity contribution is -0.140. The van der Waals surface area contributed by atoms with Crippen LogP contribution in [-0.2, 0) is 22.6 Å². The second-order valence-corrected chi connectivity index (χ2v) is 9.04. The third-order valence-electron chi connectivity index (χ3n) is 4.51. The van der Waals surface area contributed by atoms with E-state index in [0.29, 0.717) is 21.4 Å². The Hall–Kier alpha value is -2.24. The van der Waals surface area contributed by atoms with Crippen molar-refractivity contribution in [3.8, 4) is 5.75 Å². The smallest absolute Gasteiger partial charge is 0.242 e. The molecule has 0 heterocycles. The average molecular weight is 451 g/mol. The van der Waals surface area contributed by atoms with E-state index in [9.17, 15) is 9.59 Å². The third-order valence-corrected chi connectivity index (χ3v) is 5.10. The predicted octanol–water partition coefficient (Wildman–Crippen LogP) is 4.88. The summed E-state index contributed by atoms with van der Waals surface area (Å²) in [5.41, 5.74) is 1.11. The van der Waals surface area contributed by atoms with Gasteiger partial charge in [-0.25, -0.2) is 0 Å². The van der Waals surface area contributed by atoms with Gasteiger partial charge in [-0.15, -0.1) is 0 Å². The van der Waals surface area contributed by atoms with Crippen LogP contribution in [0.15, 0.2) is 42.5 Å². The topological polar surface area (TPSA) is 58.6 Å². The molecule has 162 valence electrons. The van der Waals surface area contributed by atoms with E-state index in [2.05, 4.69) is 5.32 Å². The molecule has 1 N–H and O–H groups in total. The van der Waals surface area contributed by atoms with Crippen molar-refractivity contribution in [3.63, 3.8) is 0 Å². The van der Waals surface area contributed by atoms with Gasteiger partial charge in [0.05, 0.1) is 13.5 Å². The van der Waals surface area contributed by atoms with E-state index in [4.69, 9.17) is 27.9 Å². The number of amides is 2. The largest absolute Gasteiger partial charge is 0.497 e. The molecular weight excluding hydrogens is 423 g/mol. The van der Waals surface area contributed by atoms with Gasteiger partial charge in [0.1, 0.15) is 11.8 Å². The standard InChI is InChI=1S/C23H28Cl2N2O3/c1-15(22(29)26-23(2,3)4)27(14-16-7-6-8-19(11-16)30-5)21(28)12-17-9-10-18(24)13-20(17)25/h6-11,13,15H,12,14H2,1-5H3,(H,26,29)/t15-/m1/s1. The van der Waals surface area contributed by atoms with Gasteiger partial charge in [-0.3, -0.25) is 9.59 Å². The van der Waals surface area contributed by atoms with E-state index in [1.54, 1.807) is 37.1 Å². The molecular formula is C23H28Cl2N2O3. The van der Waals surface area contributed by atoms with Crippen molar-refractivity contribution in [2.75, 3.05) is 7.11 Å². The molecule has 2 aromatic rings. The maximum absolute atomic E-state index is 13.2. The molecule has 30 heavy (non-hydrogen) atoms. The second-order valence-electron chi connectivity index (χ2n) is 8.20. The van der Waals surface area contributed by atoms with Crippen molar-refractivity contribution in [2.45, 2.75) is 52.2 Å². The molecule has 0 aliphatic heterocycles. The van der Waals surface area contributed by atoms with Gasteiger partial charge in [-0.2, -0.15) is 0 Å². The fourth-order valence-electron chi connectivity index (χ4n) is 2.95. The first kappa shape index (κ1) is 24.0. The number of carbonyl (C=O) groups is 2. The molecule has 0 unspecified atom stereocenters. The van der Waals surface area contributed by atoms with Crippen molar-refractivity contribution >= 4 is 35.0 Å². The first-order valence-corrected chi connectivity index (χ1v) is 10.4. The number of ether oxygens (including phenoxy) is 1. The minimum absolute atomic E-state index is 0.0626. The van der Waals surface area contributed by atoms with Gasteiger partial charge in [-0.1, -0.05) is 41.4 Å². The maximum atomic E-state index is 13.2. The number of hydrogen-bond acceptors (Lipinski definition) is 3. The molecule has 0 saturated heterocycles. The van der Waals surface area contributed by atoms with Gasteiger partial charge in [0.25, 0.3) is 0 Å². The molecule has 0 radical (unpaired) electrons. The quantitative estimate of drug-likeness (QED) is 0.653. The number of nitrogens with zero attached hydrogens (tertiary/aromatic N) is 1. The molecule has 2 aromatic carbocycles. The zero-order valence-electron chi connectivity index (χ0n) is 18.0. The molecule has 1 atom stereocenters. The van der Waals surface area contributed by atoms with Crippen LogP contribution in [0.4, 0.5) is 0 Å². The highest BCUT2D eigenvalue weighted by Gasteiger charge is 2.28. The van der Waals surface area contributed by atoms with E-state index in [-0.39, 0.29) is 24.8 Å².